The molecule has 10 rings (SSSR count). The van der Waals surface area contributed by atoms with Crippen molar-refractivity contribution in [3.63, 3.8) is 0 Å². The van der Waals surface area contributed by atoms with Gasteiger partial charge in [-0.05, 0) is 111 Å². The second-order valence-electron chi connectivity index (χ2n) is 16.3. The van der Waals surface area contributed by atoms with E-state index in [2.05, 4.69) is 177 Å². The predicted octanol–water partition coefficient (Wildman–Crippen LogP) is 15.7. The smallest absolute Gasteiger partial charge is 0.138 e. The van der Waals surface area contributed by atoms with E-state index in [4.69, 9.17) is 11.0 Å². The quantitative estimate of drug-likeness (QED) is 0.163. The summed E-state index contributed by atoms with van der Waals surface area (Å²) in [5, 5.41) is 4.73. The van der Waals surface area contributed by atoms with Crippen molar-refractivity contribution in [2.75, 3.05) is 4.90 Å². The third kappa shape index (κ3) is 5.46. The zero-order valence-electron chi connectivity index (χ0n) is 32.6. The third-order valence-corrected chi connectivity index (χ3v) is 12.7. The molecule has 8 aromatic rings. The Morgan fingerprint density at radius 2 is 1.41 bits per heavy atom. The molecule has 0 amide bonds. The van der Waals surface area contributed by atoms with Crippen LogP contribution in [0.3, 0.4) is 0 Å². The number of anilines is 3. The Balaban J connectivity index is 1.23. The van der Waals surface area contributed by atoms with Crippen molar-refractivity contribution in [3.8, 4) is 11.1 Å². The molecule has 1 fully saturated rings. The number of rotatable bonds is 7. The monoisotopic (exact) mass is 725 g/mol. The van der Waals surface area contributed by atoms with Crippen LogP contribution in [0.5, 0.6) is 0 Å². The lowest BCUT2D eigenvalue weighted by atomic mass is 9.82. The summed E-state index contributed by atoms with van der Waals surface area (Å²) in [6.45, 7) is 11.7. The molecule has 0 spiro atoms. The zero-order chi connectivity index (χ0) is 38.0. The number of nitrogens with zero attached hydrogens (tertiary/aromatic N) is 1. The van der Waals surface area contributed by atoms with Gasteiger partial charge in [-0.25, -0.2) is 0 Å². The van der Waals surface area contributed by atoms with Crippen molar-refractivity contribution in [3.05, 3.63) is 186 Å². The molecule has 1 saturated carbocycles. The van der Waals surface area contributed by atoms with Crippen molar-refractivity contribution in [1.82, 2.24) is 0 Å². The predicted molar refractivity (Wildman–Crippen MR) is 239 cm³/mol. The lowest BCUT2D eigenvalue weighted by Crippen LogP contribution is -2.17. The number of allylic oxidation sites excluding steroid dienone is 1. The lowest BCUT2D eigenvalue weighted by Gasteiger charge is -2.31. The van der Waals surface area contributed by atoms with Gasteiger partial charge in [-0.15, -0.1) is 0 Å². The molecule has 7 aromatic carbocycles. The Morgan fingerprint density at radius 1 is 0.679 bits per heavy atom. The average Bonchev–Trinajstić information content (AvgIpc) is 3.72. The molecule has 1 aromatic heterocycles. The van der Waals surface area contributed by atoms with E-state index in [1.54, 1.807) is 0 Å². The van der Waals surface area contributed by atoms with E-state index in [1.165, 1.54) is 76.1 Å². The summed E-state index contributed by atoms with van der Waals surface area (Å²) < 4.78 is 6.96. The first-order chi connectivity index (χ1) is 27.4. The molecule has 2 heteroatoms. The first-order valence-electron chi connectivity index (χ1n) is 20.3. The Morgan fingerprint density at radius 3 is 2.29 bits per heavy atom. The van der Waals surface area contributed by atoms with Crippen LogP contribution in [0.4, 0.5) is 17.1 Å². The van der Waals surface area contributed by atoms with Crippen LogP contribution in [0.15, 0.2) is 157 Å². The molecule has 274 valence electrons. The van der Waals surface area contributed by atoms with Gasteiger partial charge in [-0.3, -0.25) is 0 Å². The topological polar surface area (TPSA) is 16.4 Å². The van der Waals surface area contributed by atoms with Gasteiger partial charge < -0.3 is 9.32 Å². The molecule has 2 aliphatic rings. The van der Waals surface area contributed by atoms with Crippen LogP contribution in [0.2, 0.25) is 0 Å². The summed E-state index contributed by atoms with van der Waals surface area (Å²) in [4.78, 5) is 2.44. The molecule has 2 nitrogen and oxygen atoms in total. The van der Waals surface area contributed by atoms with Crippen LogP contribution in [0.25, 0.3) is 55.5 Å². The number of hydrogen-bond acceptors (Lipinski definition) is 2. The van der Waals surface area contributed by atoms with Crippen LogP contribution in [0.1, 0.15) is 92.2 Å². The molecule has 0 aliphatic heterocycles. The second kappa shape index (κ2) is 13.6. The SMILES string of the molecule is C=C(c1ccccc1/C=C\C)c1c(N(c2ccc3c(c2)C(C)(C)c2ccccc2-3)c2ccc3c(c2)oc2c(C4CCCCC4)cccc23)ccc2ccccc12. The maximum Gasteiger partial charge on any atom is 0.138 e. The molecular weight excluding hydrogens is 679 g/mol. The van der Waals surface area contributed by atoms with Crippen molar-refractivity contribution in [1.29, 1.82) is 0 Å². The highest BCUT2D eigenvalue weighted by atomic mass is 16.3. The van der Waals surface area contributed by atoms with Gasteiger partial charge in [0.2, 0.25) is 0 Å². The lowest BCUT2D eigenvalue weighted by molar-refractivity contribution is 0.442. The van der Waals surface area contributed by atoms with Crippen molar-refractivity contribution < 1.29 is 4.42 Å². The Labute approximate surface area is 330 Å². The van der Waals surface area contributed by atoms with E-state index >= 15 is 0 Å². The van der Waals surface area contributed by atoms with Gasteiger partial charge in [0.05, 0.1) is 5.69 Å². The van der Waals surface area contributed by atoms with Gasteiger partial charge >= 0.3 is 0 Å². The molecule has 0 atom stereocenters. The molecule has 0 N–H and O–H groups in total. The molecule has 0 bridgehead atoms. The second-order valence-corrected chi connectivity index (χ2v) is 16.3. The molecular formula is C54H47NO. The van der Waals surface area contributed by atoms with Crippen LogP contribution in [-0.2, 0) is 5.41 Å². The van der Waals surface area contributed by atoms with E-state index in [0.29, 0.717) is 5.92 Å². The summed E-state index contributed by atoms with van der Waals surface area (Å²) in [5.41, 5.74) is 16.1. The van der Waals surface area contributed by atoms with Crippen LogP contribution >= 0.6 is 0 Å². The van der Waals surface area contributed by atoms with E-state index in [9.17, 15) is 0 Å². The summed E-state index contributed by atoms with van der Waals surface area (Å²) in [6.07, 6.45) is 10.7. The van der Waals surface area contributed by atoms with Crippen molar-refractivity contribution in [2.45, 2.75) is 64.2 Å². The first kappa shape index (κ1) is 34.4. The number of benzene rings is 7. The standard InChI is InChI=1S/C54H47NO/c1-5-16-36-19-9-11-21-41(36)35(2)52-42-22-12-10-20-38(42)27-32-50(52)55(39-28-30-45-44-23-13-14-26-48(44)54(3,4)49(45)33-39)40-29-31-46-47-25-15-24-43(37-17-7-6-8-18-37)53(47)56-51(46)34-40/h5,9-16,19-34,37H,2,6-8,17-18H2,1,3-4H3/b16-5-. The average molecular weight is 726 g/mol. The Kier molecular flexibility index (Phi) is 8.33. The highest BCUT2D eigenvalue weighted by Gasteiger charge is 2.36. The highest BCUT2D eigenvalue weighted by molar-refractivity contribution is 6.09. The molecule has 0 unspecified atom stereocenters. The summed E-state index contributed by atoms with van der Waals surface area (Å²) in [6, 6.07) is 51.4. The molecule has 0 saturated heterocycles. The third-order valence-electron chi connectivity index (χ3n) is 12.7. The molecule has 0 radical (unpaired) electrons. The summed E-state index contributed by atoms with van der Waals surface area (Å²) >= 11 is 0. The molecule has 56 heavy (non-hydrogen) atoms. The fourth-order valence-electron chi connectivity index (χ4n) is 9.94. The zero-order valence-corrected chi connectivity index (χ0v) is 32.6. The number of hydrogen-bond donors (Lipinski definition) is 0. The van der Waals surface area contributed by atoms with Gasteiger partial charge in [-0.2, -0.15) is 0 Å². The first-order valence-corrected chi connectivity index (χ1v) is 20.3. The fraction of sp³-hybridized carbons (Fsp3) is 0.185. The normalized spacial score (nSPS) is 15.1. The largest absolute Gasteiger partial charge is 0.456 e. The van der Waals surface area contributed by atoms with E-state index in [0.717, 1.165) is 55.9 Å². The fourth-order valence-corrected chi connectivity index (χ4v) is 9.94. The Hall–Kier alpha value is -6.12. The van der Waals surface area contributed by atoms with Crippen molar-refractivity contribution >= 4 is 61.4 Å². The molecule has 2 aliphatic carbocycles. The number of para-hydroxylation sites is 1. The minimum atomic E-state index is -0.146. The van der Waals surface area contributed by atoms with E-state index < -0.39 is 0 Å². The minimum Gasteiger partial charge on any atom is -0.456 e. The van der Waals surface area contributed by atoms with E-state index in [1.807, 2.05) is 0 Å². The van der Waals surface area contributed by atoms with Gasteiger partial charge in [0.15, 0.2) is 0 Å². The van der Waals surface area contributed by atoms with Gasteiger partial charge in [0.25, 0.3) is 0 Å². The van der Waals surface area contributed by atoms with Crippen LogP contribution in [-0.4, -0.2) is 0 Å². The minimum absolute atomic E-state index is 0.146. The molecule has 1 heterocycles. The van der Waals surface area contributed by atoms with Crippen molar-refractivity contribution in [2.24, 2.45) is 0 Å². The van der Waals surface area contributed by atoms with Crippen LogP contribution < -0.4 is 4.90 Å². The highest BCUT2D eigenvalue weighted by Crippen LogP contribution is 2.52. The summed E-state index contributed by atoms with van der Waals surface area (Å²) in [5.74, 6) is 0.555. The number of furan rings is 1. The van der Waals surface area contributed by atoms with Gasteiger partial charge in [0.1, 0.15) is 11.2 Å². The van der Waals surface area contributed by atoms with Crippen LogP contribution in [0, 0.1) is 0 Å². The maximum atomic E-state index is 6.96. The van der Waals surface area contributed by atoms with E-state index in [-0.39, 0.29) is 5.41 Å². The van der Waals surface area contributed by atoms with Gasteiger partial charge in [0, 0.05) is 39.2 Å². The maximum absolute atomic E-state index is 6.96. The summed E-state index contributed by atoms with van der Waals surface area (Å²) in [7, 11) is 0. The van der Waals surface area contributed by atoms with Gasteiger partial charge in [-0.1, -0.05) is 155 Å². The number of fused-ring (bicyclic) bond motifs is 7. The Bertz CT molecular complexity index is 2860.